The summed E-state index contributed by atoms with van der Waals surface area (Å²) in [5, 5.41) is 39.1. The maximum Gasteiger partial charge on any atom is 1.00 e. The van der Waals surface area contributed by atoms with Crippen LogP contribution in [-0.4, -0.2) is 18.9 Å². The summed E-state index contributed by atoms with van der Waals surface area (Å²) < 4.78 is 32.4. The Labute approximate surface area is 285 Å². The fourth-order valence-electron chi connectivity index (χ4n) is 3.77. The van der Waals surface area contributed by atoms with Gasteiger partial charge in [0.2, 0.25) is 0 Å². The first-order valence-electron chi connectivity index (χ1n) is 11.6. The molecule has 0 aliphatic heterocycles. The number of nitrogen functional groups attached to an aromatic ring is 2. The quantitative estimate of drug-likeness (QED) is 0.0989. The average molecular weight is 605 g/mol. The largest absolute Gasteiger partial charge is 1.00 e. The van der Waals surface area contributed by atoms with Crippen molar-refractivity contribution in [3.05, 3.63) is 83.4 Å². The molecule has 0 amide bonds. The molecule has 4 aromatic rings. The third-order valence-corrected chi connectivity index (χ3v) is 6.80. The fraction of sp³-hybridized carbons (Fsp3) is 0.0741. The molecule has 42 heavy (non-hydrogen) atoms. The maximum absolute atomic E-state index is 11.6. The van der Waals surface area contributed by atoms with Crippen molar-refractivity contribution in [2.45, 2.75) is 18.7 Å². The summed E-state index contributed by atoms with van der Waals surface area (Å²) in [5.74, 6) is -2.24. The number of nitrogens with two attached hydrogens (primary N) is 2. The van der Waals surface area contributed by atoms with Crippen molar-refractivity contribution in [2.75, 3.05) is 11.5 Å². The van der Waals surface area contributed by atoms with Crippen LogP contribution in [0, 0.1) is 13.8 Å². The number of aromatic carboxylic acids is 1. The molecular formula is C27H22N6Na2O6S. The first-order valence-corrected chi connectivity index (χ1v) is 13.0. The van der Waals surface area contributed by atoms with E-state index in [4.69, 9.17) is 11.5 Å². The van der Waals surface area contributed by atoms with E-state index in [1.165, 1.54) is 12.1 Å². The molecule has 0 radical (unpaired) electrons. The van der Waals surface area contributed by atoms with Gasteiger partial charge < -0.3 is 26.5 Å². The number of carboxylic acid groups (broad SMARTS) is 1. The molecule has 0 fully saturated rings. The van der Waals surface area contributed by atoms with Crippen LogP contribution in [0.3, 0.4) is 0 Å². The Balaban J connectivity index is 0.00000308. The minimum absolute atomic E-state index is 0. The van der Waals surface area contributed by atoms with E-state index in [9.17, 15) is 28.0 Å². The van der Waals surface area contributed by atoms with Gasteiger partial charge in [-0.3, -0.25) is 4.55 Å². The van der Waals surface area contributed by atoms with Gasteiger partial charge in [0, 0.05) is 0 Å². The Kier molecular flexibility index (Phi) is 12.0. The number of azo groups is 2. The number of nitrogens with zero attached hydrogens (tertiary/aromatic N) is 4. The van der Waals surface area contributed by atoms with Gasteiger partial charge in [-0.25, -0.2) is 0 Å². The summed E-state index contributed by atoms with van der Waals surface area (Å²) in [6, 6.07) is 16.8. The number of aryl methyl sites for hydroxylation is 2. The van der Waals surface area contributed by atoms with E-state index in [2.05, 4.69) is 20.5 Å². The molecule has 0 aromatic heterocycles. The Hall–Kier alpha value is -3.14. The standard InChI is InChI=1S/C27H24N6O6S.2Na/c1-14-9-16(3-6-22(14)31-30-18-5-8-25(34)19(11-18)27(35)36)17-4-7-23(15(2)10-17)32-33-24-13-26(40(37,38)39)21(29)12-20(24)28;;/h3-13,34H,28-29H2,1-2H3,(H,35,36)(H,37,38,39);;/q;2*+1/p-2. The Morgan fingerprint density at radius 1 is 0.738 bits per heavy atom. The minimum Gasteiger partial charge on any atom is -0.872 e. The van der Waals surface area contributed by atoms with Crippen LogP contribution in [0.2, 0.25) is 0 Å². The Bertz CT molecular complexity index is 1830. The van der Waals surface area contributed by atoms with Crippen LogP contribution < -0.4 is 80.8 Å². The molecule has 0 saturated carbocycles. The molecule has 0 heterocycles. The zero-order chi connectivity index (χ0) is 29.2. The van der Waals surface area contributed by atoms with Crippen LogP contribution in [0.15, 0.2) is 92.1 Å². The van der Waals surface area contributed by atoms with E-state index >= 15 is 0 Å². The third-order valence-electron chi connectivity index (χ3n) is 5.89. The predicted octanol–water partition coefficient (Wildman–Crippen LogP) is -1.34. The number of rotatable bonds is 7. The van der Waals surface area contributed by atoms with Crippen molar-refractivity contribution in [1.82, 2.24) is 0 Å². The van der Waals surface area contributed by atoms with Crippen molar-refractivity contribution in [3.8, 4) is 16.9 Å². The number of anilines is 2. The second kappa shape index (κ2) is 14.4. The van der Waals surface area contributed by atoms with Gasteiger partial charge in [-0.05, 0) is 90.2 Å². The number of carbonyl (C=O) groups is 1. The molecular weight excluding hydrogens is 582 g/mol. The summed E-state index contributed by atoms with van der Waals surface area (Å²) >= 11 is 0. The second-order valence-electron chi connectivity index (χ2n) is 8.79. The van der Waals surface area contributed by atoms with Crippen LogP contribution in [-0.2, 0) is 10.1 Å². The second-order valence-corrected chi connectivity index (χ2v) is 10.2. The molecule has 15 heteroatoms. The summed E-state index contributed by atoms with van der Waals surface area (Å²) in [7, 11) is -4.56. The zero-order valence-electron chi connectivity index (χ0n) is 23.2. The van der Waals surface area contributed by atoms with Crippen molar-refractivity contribution < 1.29 is 87.1 Å². The number of hydrogen-bond acceptors (Lipinski definition) is 11. The van der Waals surface area contributed by atoms with Crippen LogP contribution >= 0.6 is 0 Å². The van der Waals surface area contributed by atoms with E-state index in [-0.39, 0.29) is 81.9 Å². The Morgan fingerprint density at radius 3 is 1.76 bits per heavy atom. The van der Waals surface area contributed by atoms with Gasteiger partial charge in [0.15, 0.2) is 0 Å². The zero-order valence-corrected chi connectivity index (χ0v) is 28.0. The van der Waals surface area contributed by atoms with Crippen molar-refractivity contribution in [3.63, 3.8) is 0 Å². The van der Waals surface area contributed by atoms with E-state index < -0.39 is 32.3 Å². The maximum atomic E-state index is 11.6. The SMILES string of the molecule is Cc1cc(-c2ccc(N=Nc3cc(S(=O)(=O)O)c(N)cc3N)c(C)c2)ccc1N=Nc1ccc([O-])c(C(=O)[O-])c1.[Na+].[Na+]. The van der Waals surface area contributed by atoms with Gasteiger partial charge in [-0.1, -0.05) is 23.9 Å². The summed E-state index contributed by atoms with van der Waals surface area (Å²) in [5.41, 5.74) is 15.6. The number of carbonyl (C=O) groups excluding carboxylic acids is 1. The van der Waals surface area contributed by atoms with Gasteiger partial charge in [-0.2, -0.15) is 23.8 Å². The first-order chi connectivity index (χ1) is 18.8. The first kappa shape index (κ1) is 35.1. The smallest absolute Gasteiger partial charge is 0.872 e. The summed E-state index contributed by atoms with van der Waals surface area (Å²) in [6.07, 6.45) is 0. The van der Waals surface area contributed by atoms with Gasteiger partial charge in [0.1, 0.15) is 10.6 Å². The van der Waals surface area contributed by atoms with E-state index in [0.29, 0.717) is 11.4 Å². The molecule has 12 nitrogen and oxygen atoms in total. The van der Waals surface area contributed by atoms with Gasteiger partial charge in [0.05, 0.1) is 34.4 Å². The van der Waals surface area contributed by atoms with Crippen LogP contribution in [0.4, 0.5) is 34.1 Å². The van der Waals surface area contributed by atoms with Gasteiger partial charge in [-0.15, -0.1) is 5.11 Å². The molecule has 0 spiro atoms. The monoisotopic (exact) mass is 604 g/mol. The minimum atomic E-state index is -4.56. The molecule has 4 aromatic carbocycles. The van der Waals surface area contributed by atoms with Crippen molar-refractivity contribution in [2.24, 2.45) is 20.5 Å². The summed E-state index contributed by atoms with van der Waals surface area (Å²) in [4.78, 5) is 10.5. The molecule has 0 aliphatic carbocycles. The predicted molar refractivity (Wildman–Crippen MR) is 145 cm³/mol. The molecule has 4 rings (SSSR count). The van der Waals surface area contributed by atoms with Gasteiger partial charge >= 0.3 is 59.1 Å². The number of carboxylic acids is 1. The fourth-order valence-corrected chi connectivity index (χ4v) is 4.38. The normalized spacial score (nSPS) is 11.3. The van der Waals surface area contributed by atoms with Crippen LogP contribution in [0.1, 0.15) is 21.5 Å². The molecule has 0 atom stereocenters. The van der Waals surface area contributed by atoms with E-state index in [0.717, 1.165) is 40.5 Å². The van der Waals surface area contributed by atoms with Crippen molar-refractivity contribution in [1.29, 1.82) is 0 Å². The van der Waals surface area contributed by atoms with Crippen molar-refractivity contribution >= 4 is 50.2 Å². The van der Waals surface area contributed by atoms with Crippen LogP contribution in [0.5, 0.6) is 5.75 Å². The molecule has 0 bridgehead atoms. The van der Waals surface area contributed by atoms with Crippen LogP contribution in [0.25, 0.3) is 11.1 Å². The molecule has 0 aliphatic rings. The number of benzene rings is 4. The van der Waals surface area contributed by atoms with Gasteiger partial charge in [0.25, 0.3) is 10.1 Å². The Morgan fingerprint density at radius 2 is 1.26 bits per heavy atom. The molecule has 5 N–H and O–H groups in total. The van der Waals surface area contributed by atoms with E-state index in [1.807, 2.05) is 38.1 Å². The third kappa shape index (κ3) is 8.24. The molecule has 204 valence electrons. The van der Waals surface area contributed by atoms with E-state index in [1.54, 1.807) is 12.1 Å². The number of hydrogen-bond donors (Lipinski definition) is 3. The molecule has 0 saturated heterocycles. The molecule has 0 unspecified atom stereocenters. The average Bonchev–Trinajstić information content (AvgIpc) is 2.88. The topological polar surface area (TPSA) is 219 Å². The summed E-state index contributed by atoms with van der Waals surface area (Å²) in [6.45, 7) is 3.68.